The molecule has 0 unspecified atom stereocenters. The Morgan fingerprint density at radius 1 is 1.41 bits per heavy atom. The number of nitrogens with two attached hydrogens (primary N) is 1. The molecule has 0 amide bonds. The highest BCUT2D eigenvalue weighted by Gasteiger charge is 2.29. The van der Waals surface area contributed by atoms with Crippen molar-refractivity contribution in [1.82, 2.24) is 10.3 Å². The van der Waals surface area contributed by atoms with Crippen LogP contribution in [-0.4, -0.2) is 18.1 Å². The smallest absolute Gasteiger partial charge is 0.304 e. The minimum absolute atomic E-state index is 0.0213. The van der Waals surface area contributed by atoms with E-state index in [0.717, 1.165) is 25.3 Å². The average molecular weight is 255 g/mol. The van der Waals surface area contributed by atoms with Crippen molar-refractivity contribution in [3.05, 3.63) is 20.7 Å². The molecule has 0 radical (unpaired) electrons. The molecule has 1 heterocycles. The van der Waals surface area contributed by atoms with Crippen LogP contribution in [0.3, 0.4) is 0 Å². The first-order valence-electron chi connectivity index (χ1n) is 6.32. The van der Waals surface area contributed by atoms with Gasteiger partial charge in [-0.3, -0.25) is 4.79 Å². The first-order valence-corrected chi connectivity index (χ1v) is 7.20. The standard InChI is InChI=1S/C12H21N3OS/c13-8-12(4-2-1-3-5-12)9-14-6-10-7-17-11(16)15-10/h7,14H,1-6,8-9,13H2,(H,15,16). The number of H-pyrrole nitrogens is 1. The average Bonchev–Trinajstić information content (AvgIpc) is 2.76. The van der Waals surface area contributed by atoms with Crippen LogP contribution in [0.1, 0.15) is 37.8 Å². The number of thiazole rings is 1. The van der Waals surface area contributed by atoms with Gasteiger partial charge in [0.25, 0.3) is 0 Å². The summed E-state index contributed by atoms with van der Waals surface area (Å²) in [5, 5.41) is 5.31. The van der Waals surface area contributed by atoms with Crippen LogP contribution < -0.4 is 15.9 Å². The van der Waals surface area contributed by atoms with Gasteiger partial charge in [0, 0.05) is 24.2 Å². The van der Waals surface area contributed by atoms with Crippen LogP contribution in [0.5, 0.6) is 0 Å². The highest BCUT2D eigenvalue weighted by Crippen LogP contribution is 2.34. The number of aromatic nitrogens is 1. The molecule has 4 nitrogen and oxygen atoms in total. The first kappa shape index (κ1) is 12.8. The van der Waals surface area contributed by atoms with Crippen LogP contribution in [-0.2, 0) is 6.54 Å². The zero-order valence-electron chi connectivity index (χ0n) is 10.1. The van der Waals surface area contributed by atoms with E-state index in [0.29, 0.717) is 0 Å². The second-order valence-corrected chi connectivity index (χ2v) is 5.88. The number of hydrogen-bond donors (Lipinski definition) is 3. The van der Waals surface area contributed by atoms with E-state index < -0.39 is 0 Å². The van der Waals surface area contributed by atoms with E-state index in [-0.39, 0.29) is 10.3 Å². The van der Waals surface area contributed by atoms with E-state index in [1.54, 1.807) is 0 Å². The minimum Gasteiger partial charge on any atom is -0.330 e. The van der Waals surface area contributed by atoms with Gasteiger partial charge in [0.1, 0.15) is 0 Å². The lowest BCUT2D eigenvalue weighted by atomic mass is 9.74. The minimum atomic E-state index is 0.0213. The Bertz CT molecular complexity index is 392. The summed E-state index contributed by atoms with van der Waals surface area (Å²) in [6.07, 6.45) is 6.41. The molecule has 1 aliphatic carbocycles. The Hall–Kier alpha value is -0.650. The molecule has 0 aromatic carbocycles. The summed E-state index contributed by atoms with van der Waals surface area (Å²) in [5.74, 6) is 0. The monoisotopic (exact) mass is 255 g/mol. The van der Waals surface area contributed by atoms with E-state index >= 15 is 0 Å². The predicted molar refractivity (Wildman–Crippen MR) is 71.2 cm³/mol. The molecule has 1 saturated carbocycles. The summed E-state index contributed by atoms with van der Waals surface area (Å²) in [5.41, 5.74) is 7.19. The van der Waals surface area contributed by atoms with Crippen LogP contribution in [0.2, 0.25) is 0 Å². The quantitative estimate of drug-likeness (QED) is 0.745. The fourth-order valence-electron chi connectivity index (χ4n) is 2.62. The van der Waals surface area contributed by atoms with Crippen molar-refractivity contribution < 1.29 is 0 Å². The van der Waals surface area contributed by atoms with Gasteiger partial charge in [-0.25, -0.2) is 0 Å². The third-order valence-electron chi connectivity index (χ3n) is 3.73. The van der Waals surface area contributed by atoms with E-state index in [4.69, 9.17) is 5.73 Å². The maximum Gasteiger partial charge on any atom is 0.304 e. The van der Waals surface area contributed by atoms with Gasteiger partial charge in [0.15, 0.2) is 0 Å². The number of aromatic amines is 1. The van der Waals surface area contributed by atoms with Crippen molar-refractivity contribution in [3.63, 3.8) is 0 Å². The Morgan fingerprint density at radius 3 is 2.76 bits per heavy atom. The predicted octanol–water partition coefficient (Wildman–Crippen LogP) is 1.44. The number of rotatable bonds is 5. The highest BCUT2D eigenvalue weighted by molar-refractivity contribution is 7.07. The Labute approximate surface area is 106 Å². The largest absolute Gasteiger partial charge is 0.330 e. The van der Waals surface area contributed by atoms with Crippen molar-refractivity contribution in [3.8, 4) is 0 Å². The summed E-state index contributed by atoms with van der Waals surface area (Å²) in [7, 11) is 0. The fraction of sp³-hybridized carbons (Fsp3) is 0.750. The summed E-state index contributed by atoms with van der Waals surface area (Å²) in [6, 6.07) is 0. The molecule has 1 fully saturated rings. The third kappa shape index (κ3) is 3.40. The third-order valence-corrected chi connectivity index (χ3v) is 4.45. The zero-order chi connectivity index (χ0) is 12.1. The molecule has 1 aliphatic rings. The maximum atomic E-state index is 11.0. The van der Waals surface area contributed by atoms with Gasteiger partial charge in [-0.05, 0) is 24.8 Å². The lowest BCUT2D eigenvalue weighted by Gasteiger charge is -2.36. The van der Waals surface area contributed by atoms with Crippen molar-refractivity contribution >= 4 is 11.3 Å². The maximum absolute atomic E-state index is 11.0. The van der Waals surface area contributed by atoms with Gasteiger partial charge in [-0.2, -0.15) is 0 Å². The molecule has 1 aromatic rings. The molecule has 4 N–H and O–H groups in total. The normalized spacial score (nSPS) is 19.4. The second-order valence-electron chi connectivity index (χ2n) is 5.04. The van der Waals surface area contributed by atoms with Gasteiger partial charge < -0.3 is 16.0 Å². The van der Waals surface area contributed by atoms with Gasteiger partial charge in [0.2, 0.25) is 0 Å². The van der Waals surface area contributed by atoms with Crippen LogP contribution in [0.25, 0.3) is 0 Å². The second kappa shape index (κ2) is 5.80. The summed E-state index contributed by atoms with van der Waals surface area (Å²) >= 11 is 1.22. The topological polar surface area (TPSA) is 70.9 Å². The van der Waals surface area contributed by atoms with Crippen molar-refractivity contribution in [2.45, 2.75) is 38.6 Å². The van der Waals surface area contributed by atoms with Gasteiger partial charge >= 0.3 is 4.87 Å². The highest BCUT2D eigenvalue weighted by atomic mass is 32.1. The van der Waals surface area contributed by atoms with Gasteiger partial charge in [-0.15, -0.1) is 0 Å². The SMILES string of the molecule is NCC1(CNCc2csc(=O)[nH]2)CCCCC1. The number of nitrogens with one attached hydrogen (secondary N) is 2. The molecule has 0 atom stereocenters. The van der Waals surface area contributed by atoms with Gasteiger partial charge in [0.05, 0.1) is 0 Å². The molecule has 17 heavy (non-hydrogen) atoms. The molecule has 0 bridgehead atoms. The van der Waals surface area contributed by atoms with E-state index in [2.05, 4.69) is 10.3 Å². The van der Waals surface area contributed by atoms with Crippen LogP contribution in [0, 0.1) is 5.41 Å². The summed E-state index contributed by atoms with van der Waals surface area (Å²) < 4.78 is 0. The van der Waals surface area contributed by atoms with E-state index in [9.17, 15) is 4.79 Å². The zero-order valence-corrected chi connectivity index (χ0v) is 10.9. The molecular formula is C12H21N3OS. The fourth-order valence-corrected chi connectivity index (χ4v) is 3.20. The first-order chi connectivity index (χ1) is 8.24. The van der Waals surface area contributed by atoms with Gasteiger partial charge in [-0.1, -0.05) is 30.6 Å². The summed E-state index contributed by atoms with van der Waals surface area (Å²) in [6.45, 7) is 2.46. The Morgan fingerprint density at radius 2 is 2.18 bits per heavy atom. The molecular weight excluding hydrogens is 234 g/mol. The van der Waals surface area contributed by atoms with E-state index in [1.807, 2.05) is 5.38 Å². The summed E-state index contributed by atoms with van der Waals surface area (Å²) in [4.78, 5) is 13.8. The van der Waals surface area contributed by atoms with Crippen molar-refractivity contribution in [2.24, 2.45) is 11.1 Å². The van der Waals surface area contributed by atoms with E-state index in [1.165, 1.54) is 43.4 Å². The van der Waals surface area contributed by atoms with Crippen molar-refractivity contribution in [2.75, 3.05) is 13.1 Å². The molecule has 0 spiro atoms. The molecule has 1 aromatic heterocycles. The Kier molecular flexibility index (Phi) is 4.36. The number of hydrogen-bond acceptors (Lipinski definition) is 4. The lowest BCUT2D eigenvalue weighted by Crippen LogP contribution is -2.41. The molecule has 5 heteroatoms. The van der Waals surface area contributed by atoms with Crippen LogP contribution in [0.15, 0.2) is 10.2 Å². The Balaban J connectivity index is 1.81. The van der Waals surface area contributed by atoms with Crippen LogP contribution >= 0.6 is 11.3 Å². The van der Waals surface area contributed by atoms with Crippen molar-refractivity contribution in [1.29, 1.82) is 0 Å². The molecule has 96 valence electrons. The molecule has 0 aliphatic heterocycles. The lowest BCUT2D eigenvalue weighted by molar-refractivity contribution is 0.191. The van der Waals surface area contributed by atoms with Crippen LogP contribution in [0.4, 0.5) is 0 Å². The molecule has 2 rings (SSSR count). The molecule has 0 saturated heterocycles.